The van der Waals surface area contributed by atoms with Gasteiger partial charge in [-0.2, -0.15) is 11.8 Å². The number of benzene rings is 1. The molecule has 0 aliphatic carbocycles. The van der Waals surface area contributed by atoms with E-state index in [9.17, 15) is 0 Å². The third-order valence-corrected chi connectivity index (χ3v) is 2.92. The van der Waals surface area contributed by atoms with Crippen LogP contribution in [0.3, 0.4) is 0 Å². The molecule has 1 aromatic carbocycles. The number of halogens is 1. The lowest BCUT2D eigenvalue weighted by Crippen LogP contribution is -1.88. The second-order valence-corrected chi connectivity index (χ2v) is 4.17. The first-order chi connectivity index (χ1) is 5.34. The predicted molar refractivity (Wildman–Crippen MR) is 56.2 cm³/mol. The van der Waals surface area contributed by atoms with Crippen LogP contribution in [0.1, 0.15) is 5.56 Å². The molecule has 0 saturated carbocycles. The van der Waals surface area contributed by atoms with Gasteiger partial charge in [0.1, 0.15) is 0 Å². The van der Waals surface area contributed by atoms with Crippen LogP contribution in [0.2, 0.25) is 0 Å². The van der Waals surface area contributed by atoms with Crippen molar-refractivity contribution in [2.45, 2.75) is 6.42 Å². The zero-order valence-electron chi connectivity index (χ0n) is 6.51. The molecular weight excluding hydrogens is 220 g/mol. The molecule has 0 saturated heterocycles. The number of aryl methyl sites for hydroxylation is 1. The van der Waals surface area contributed by atoms with Gasteiger partial charge in [0.05, 0.1) is 0 Å². The largest absolute Gasteiger partial charge is 0.165 e. The van der Waals surface area contributed by atoms with Crippen molar-refractivity contribution in [2.75, 3.05) is 12.0 Å². The molecule has 0 fully saturated rings. The monoisotopic (exact) mass is 230 g/mol. The van der Waals surface area contributed by atoms with Crippen molar-refractivity contribution in [3.8, 4) is 0 Å². The van der Waals surface area contributed by atoms with Crippen LogP contribution in [0, 0.1) is 0 Å². The summed E-state index contributed by atoms with van der Waals surface area (Å²) in [7, 11) is 0. The molecule has 0 amide bonds. The summed E-state index contributed by atoms with van der Waals surface area (Å²) in [6.45, 7) is 0. The minimum atomic E-state index is 1.16. The van der Waals surface area contributed by atoms with Crippen LogP contribution in [0.25, 0.3) is 0 Å². The van der Waals surface area contributed by atoms with Crippen LogP contribution in [-0.2, 0) is 6.42 Å². The Kier molecular flexibility index (Phi) is 4.02. The van der Waals surface area contributed by atoms with Crippen molar-refractivity contribution in [3.63, 3.8) is 0 Å². The molecule has 0 radical (unpaired) electrons. The molecule has 0 unspecified atom stereocenters. The van der Waals surface area contributed by atoms with Gasteiger partial charge in [0.2, 0.25) is 0 Å². The molecule has 0 bridgehead atoms. The van der Waals surface area contributed by atoms with Gasteiger partial charge in [-0.1, -0.05) is 34.1 Å². The van der Waals surface area contributed by atoms with Crippen LogP contribution < -0.4 is 0 Å². The van der Waals surface area contributed by atoms with Gasteiger partial charge in [-0.15, -0.1) is 0 Å². The standard InChI is InChI=1S/C9H11BrS/c1-11-7-6-8-4-2-3-5-9(8)10/h2-5H,6-7H2,1H3. The van der Waals surface area contributed by atoms with Gasteiger partial charge in [0.25, 0.3) is 0 Å². The second-order valence-electron chi connectivity index (χ2n) is 2.33. The minimum absolute atomic E-state index is 1.16. The average molecular weight is 231 g/mol. The topological polar surface area (TPSA) is 0 Å². The molecule has 1 aromatic rings. The van der Waals surface area contributed by atoms with E-state index in [1.54, 1.807) is 0 Å². The number of rotatable bonds is 3. The van der Waals surface area contributed by atoms with Crippen molar-refractivity contribution in [1.29, 1.82) is 0 Å². The van der Waals surface area contributed by atoms with E-state index < -0.39 is 0 Å². The molecule has 60 valence electrons. The Labute approximate surface area is 80.5 Å². The zero-order chi connectivity index (χ0) is 8.10. The van der Waals surface area contributed by atoms with Crippen molar-refractivity contribution >= 4 is 27.7 Å². The number of hydrogen-bond acceptors (Lipinski definition) is 1. The molecule has 0 N–H and O–H groups in total. The van der Waals surface area contributed by atoms with Crippen LogP contribution in [-0.4, -0.2) is 12.0 Å². The third kappa shape index (κ3) is 2.88. The Bertz CT molecular complexity index is 223. The maximum atomic E-state index is 3.52. The normalized spacial score (nSPS) is 10.0. The van der Waals surface area contributed by atoms with E-state index in [1.807, 2.05) is 17.8 Å². The van der Waals surface area contributed by atoms with Gasteiger partial charge in [0, 0.05) is 4.47 Å². The van der Waals surface area contributed by atoms with Crippen molar-refractivity contribution < 1.29 is 0 Å². The molecule has 0 aromatic heterocycles. The van der Waals surface area contributed by atoms with Crippen LogP contribution in [0.4, 0.5) is 0 Å². The zero-order valence-corrected chi connectivity index (χ0v) is 8.91. The summed E-state index contributed by atoms with van der Waals surface area (Å²) < 4.78 is 1.23. The van der Waals surface area contributed by atoms with Crippen LogP contribution >= 0.6 is 27.7 Å². The van der Waals surface area contributed by atoms with E-state index in [2.05, 4.69) is 40.4 Å². The highest BCUT2D eigenvalue weighted by Gasteiger charge is 1.95. The predicted octanol–water partition coefficient (Wildman–Crippen LogP) is 3.35. The van der Waals surface area contributed by atoms with E-state index in [0.29, 0.717) is 0 Å². The van der Waals surface area contributed by atoms with E-state index in [4.69, 9.17) is 0 Å². The Morgan fingerprint density at radius 2 is 2.09 bits per heavy atom. The molecular formula is C9H11BrS. The van der Waals surface area contributed by atoms with E-state index in [1.165, 1.54) is 15.8 Å². The van der Waals surface area contributed by atoms with E-state index >= 15 is 0 Å². The highest BCUT2D eigenvalue weighted by atomic mass is 79.9. The van der Waals surface area contributed by atoms with Gasteiger partial charge in [-0.25, -0.2) is 0 Å². The first-order valence-electron chi connectivity index (χ1n) is 3.57. The van der Waals surface area contributed by atoms with Gasteiger partial charge in [-0.3, -0.25) is 0 Å². The Balaban J connectivity index is 2.62. The molecule has 2 heteroatoms. The smallest absolute Gasteiger partial charge is 0.0207 e. The van der Waals surface area contributed by atoms with Crippen LogP contribution in [0.15, 0.2) is 28.7 Å². The van der Waals surface area contributed by atoms with Crippen molar-refractivity contribution in [1.82, 2.24) is 0 Å². The van der Waals surface area contributed by atoms with Gasteiger partial charge < -0.3 is 0 Å². The highest BCUT2D eigenvalue weighted by molar-refractivity contribution is 9.10. The number of hydrogen-bond donors (Lipinski definition) is 0. The Hall–Kier alpha value is 0.0500. The summed E-state index contributed by atoms with van der Waals surface area (Å²) in [5.74, 6) is 1.20. The summed E-state index contributed by atoms with van der Waals surface area (Å²) >= 11 is 5.40. The van der Waals surface area contributed by atoms with Gasteiger partial charge in [-0.05, 0) is 30.1 Å². The lowest BCUT2D eigenvalue weighted by molar-refractivity contribution is 1.15. The SMILES string of the molecule is CSCCc1ccccc1Br. The average Bonchev–Trinajstić information content (AvgIpc) is 2.03. The maximum absolute atomic E-state index is 3.52. The minimum Gasteiger partial charge on any atom is -0.165 e. The summed E-state index contributed by atoms with van der Waals surface area (Å²) in [6.07, 6.45) is 3.29. The fraction of sp³-hybridized carbons (Fsp3) is 0.333. The van der Waals surface area contributed by atoms with E-state index in [0.717, 1.165) is 6.42 Å². The Morgan fingerprint density at radius 1 is 1.36 bits per heavy atom. The van der Waals surface area contributed by atoms with E-state index in [-0.39, 0.29) is 0 Å². The summed E-state index contributed by atoms with van der Waals surface area (Å²) in [6, 6.07) is 8.39. The second kappa shape index (κ2) is 4.83. The van der Waals surface area contributed by atoms with Gasteiger partial charge >= 0.3 is 0 Å². The Morgan fingerprint density at radius 3 is 2.73 bits per heavy atom. The van der Waals surface area contributed by atoms with Crippen molar-refractivity contribution in [3.05, 3.63) is 34.3 Å². The highest BCUT2D eigenvalue weighted by Crippen LogP contribution is 2.17. The lowest BCUT2D eigenvalue weighted by atomic mass is 10.2. The van der Waals surface area contributed by atoms with Gasteiger partial charge in [0.15, 0.2) is 0 Å². The molecule has 0 aliphatic rings. The molecule has 0 aliphatic heterocycles. The first-order valence-corrected chi connectivity index (χ1v) is 5.75. The quantitative estimate of drug-likeness (QED) is 0.768. The lowest BCUT2D eigenvalue weighted by Gasteiger charge is -2.01. The maximum Gasteiger partial charge on any atom is 0.0207 e. The molecule has 0 spiro atoms. The van der Waals surface area contributed by atoms with Crippen LogP contribution in [0.5, 0.6) is 0 Å². The number of thioether (sulfide) groups is 1. The van der Waals surface area contributed by atoms with Crippen molar-refractivity contribution in [2.24, 2.45) is 0 Å². The fourth-order valence-electron chi connectivity index (χ4n) is 0.913. The molecule has 0 nitrogen and oxygen atoms in total. The summed E-state index contributed by atoms with van der Waals surface area (Å²) in [4.78, 5) is 0. The fourth-order valence-corrected chi connectivity index (χ4v) is 1.82. The third-order valence-electron chi connectivity index (χ3n) is 1.53. The molecule has 0 atom stereocenters. The summed E-state index contributed by atoms with van der Waals surface area (Å²) in [5, 5.41) is 0. The molecule has 0 heterocycles. The molecule has 11 heavy (non-hydrogen) atoms. The first kappa shape index (κ1) is 9.14. The summed E-state index contributed by atoms with van der Waals surface area (Å²) in [5.41, 5.74) is 1.40. The molecule has 1 rings (SSSR count).